The van der Waals surface area contributed by atoms with E-state index in [0.29, 0.717) is 0 Å². The second kappa shape index (κ2) is 3.44. The molecular formula is C11H14O. The Morgan fingerprint density at radius 2 is 1.92 bits per heavy atom. The molecule has 0 aliphatic rings. The van der Waals surface area contributed by atoms with Crippen LogP contribution in [0.25, 0.3) is 0 Å². The Morgan fingerprint density at radius 3 is 2.50 bits per heavy atom. The summed E-state index contributed by atoms with van der Waals surface area (Å²) < 4.78 is 5.26. The van der Waals surface area contributed by atoms with Crippen LogP contribution < -0.4 is 4.74 Å². The van der Waals surface area contributed by atoms with Gasteiger partial charge >= 0.3 is 0 Å². The van der Waals surface area contributed by atoms with Gasteiger partial charge in [0, 0.05) is 0 Å². The standard InChI is InChI=1S/C11H14O/c1-5-12-11-7-8(2)6-9(3)10(11)4/h5-7H,1H2,2-4H3. The van der Waals surface area contributed by atoms with Crippen LogP contribution >= 0.6 is 0 Å². The van der Waals surface area contributed by atoms with Crippen LogP contribution in [0, 0.1) is 20.8 Å². The van der Waals surface area contributed by atoms with E-state index >= 15 is 0 Å². The number of benzene rings is 1. The highest BCUT2D eigenvalue weighted by atomic mass is 16.5. The Bertz CT molecular complexity index is 300. The van der Waals surface area contributed by atoms with Crippen molar-refractivity contribution in [1.29, 1.82) is 0 Å². The van der Waals surface area contributed by atoms with Crippen LogP contribution in [0.15, 0.2) is 25.0 Å². The average Bonchev–Trinajstić information content (AvgIpc) is 2.00. The van der Waals surface area contributed by atoms with Gasteiger partial charge < -0.3 is 4.74 Å². The predicted octanol–water partition coefficient (Wildman–Crippen LogP) is 3.13. The van der Waals surface area contributed by atoms with Crippen LogP contribution in [0.5, 0.6) is 5.75 Å². The van der Waals surface area contributed by atoms with E-state index < -0.39 is 0 Å². The van der Waals surface area contributed by atoms with E-state index in [0.717, 1.165) is 5.75 Å². The van der Waals surface area contributed by atoms with E-state index in [1.54, 1.807) is 0 Å². The predicted molar refractivity (Wildman–Crippen MR) is 51.5 cm³/mol. The molecule has 1 aromatic rings. The Hall–Kier alpha value is -1.24. The molecule has 1 rings (SSSR count). The molecule has 0 atom stereocenters. The fraction of sp³-hybridized carbons (Fsp3) is 0.273. The van der Waals surface area contributed by atoms with E-state index in [2.05, 4.69) is 26.5 Å². The first-order chi connectivity index (χ1) is 5.65. The van der Waals surface area contributed by atoms with Gasteiger partial charge in [0.1, 0.15) is 5.75 Å². The lowest BCUT2D eigenvalue weighted by Gasteiger charge is -2.08. The third-order valence-corrected chi connectivity index (χ3v) is 1.97. The van der Waals surface area contributed by atoms with Gasteiger partial charge in [0.05, 0.1) is 6.26 Å². The van der Waals surface area contributed by atoms with Crippen molar-refractivity contribution in [2.24, 2.45) is 0 Å². The zero-order valence-corrected chi connectivity index (χ0v) is 7.85. The summed E-state index contributed by atoms with van der Waals surface area (Å²) in [7, 11) is 0. The lowest BCUT2D eigenvalue weighted by molar-refractivity contribution is 0.478. The van der Waals surface area contributed by atoms with Crippen molar-refractivity contribution >= 4 is 0 Å². The number of hydrogen-bond acceptors (Lipinski definition) is 1. The SMILES string of the molecule is C=COc1cc(C)cc(C)c1C. The minimum Gasteiger partial charge on any atom is -0.465 e. The quantitative estimate of drug-likeness (QED) is 0.607. The summed E-state index contributed by atoms with van der Waals surface area (Å²) in [5.74, 6) is 0.905. The molecule has 0 saturated heterocycles. The van der Waals surface area contributed by atoms with Gasteiger partial charge in [-0.3, -0.25) is 0 Å². The van der Waals surface area contributed by atoms with Crippen molar-refractivity contribution in [2.75, 3.05) is 0 Å². The number of ether oxygens (including phenoxy) is 1. The Labute approximate surface area is 73.7 Å². The van der Waals surface area contributed by atoms with E-state index in [1.165, 1.54) is 23.0 Å². The molecule has 0 radical (unpaired) electrons. The molecule has 0 bridgehead atoms. The first kappa shape index (κ1) is 8.85. The number of hydrogen-bond donors (Lipinski definition) is 0. The highest BCUT2D eigenvalue weighted by Gasteiger charge is 2.01. The second-order valence-corrected chi connectivity index (χ2v) is 2.99. The fourth-order valence-corrected chi connectivity index (χ4v) is 1.21. The lowest BCUT2D eigenvalue weighted by atomic mass is 10.1. The maximum Gasteiger partial charge on any atom is 0.129 e. The maximum atomic E-state index is 5.26. The van der Waals surface area contributed by atoms with E-state index in [-0.39, 0.29) is 0 Å². The van der Waals surface area contributed by atoms with Crippen LogP contribution in [0.2, 0.25) is 0 Å². The minimum absolute atomic E-state index is 0.905. The Kier molecular flexibility index (Phi) is 2.54. The van der Waals surface area contributed by atoms with E-state index in [9.17, 15) is 0 Å². The molecule has 12 heavy (non-hydrogen) atoms. The molecule has 0 unspecified atom stereocenters. The van der Waals surface area contributed by atoms with Gasteiger partial charge in [0.15, 0.2) is 0 Å². The smallest absolute Gasteiger partial charge is 0.129 e. The van der Waals surface area contributed by atoms with Gasteiger partial charge in [0.2, 0.25) is 0 Å². The summed E-state index contributed by atoms with van der Waals surface area (Å²) >= 11 is 0. The molecule has 0 fully saturated rings. The molecule has 0 heterocycles. The van der Waals surface area contributed by atoms with Gasteiger partial charge in [-0.05, 0) is 43.5 Å². The Balaban J connectivity index is 3.17. The van der Waals surface area contributed by atoms with Crippen LogP contribution in [0.1, 0.15) is 16.7 Å². The van der Waals surface area contributed by atoms with Crippen molar-refractivity contribution in [2.45, 2.75) is 20.8 Å². The monoisotopic (exact) mass is 162 g/mol. The molecule has 1 aromatic carbocycles. The third kappa shape index (κ3) is 1.67. The van der Waals surface area contributed by atoms with Gasteiger partial charge in [-0.25, -0.2) is 0 Å². The van der Waals surface area contributed by atoms with Gasteiger partial charge in [-0.1, -0.05) is 12.6 Å². The zero-order valence-electron chi connectivity index (χ0n) is 7.85. The second-order valence-electron chi connectivity index (χ2n) is 2.99. The molecule has 0 amide bonds. The largest absolute Gasteiger partial charge is 0.465 e. The third-order valence-electron chi connectivity index (χ3n) is 1.97. The van der Waals surface area contributed by atoms with Gasteiger partial charge in [-0.2, -0.15) is 0 Å². The van der Waals surface area contributed by atoms with Crippen LogP contribution in [-0.2, 0) is 0 Å². The molecular weight excluding hydrogens is 148 g/mol. The summed E-state index contributed by atoms with van der Waals surface area (Å²) in [6.07, 6.45) is 1.46. The lowest BCUT2D eigenvalue weighted by Crippen LogP contribution is -1.90. The maximum absolute atomic E-state index is 5.26. The summed E-state index contributed by atoms with van der Waals surface area (Å²) in [6.45, 7) is 9.72. The topological polar surface area (TPSA) is 9.23 Å². The molecule has 1 nitrogen and oxygen atoms in total. The summed E-state index contributed by atoms with van der Waals surface area (Å²) in [5, 5.41) is 0. The highest BCUT2D eigenvalue weighted by molar-refractivity contribution is 5.42. The van der Waals surface area contributed by atoms with E-state index in [4.69, 9.17) is 4.74 Å². The average molecular weight is 162 g/mol. The number of aryl methyl sites for hydroxylation is 2. The molecule has 0 spiro atoms. The molecule has 0 saturated carbocycles. The van der Waals surface area contributed by atoms with Crippen LogP contribution in [0.4, 0.5) is 0 Å². The van der Waals surface area contributed by atoms with Gasteiger partial charge in [0.25, 0.3) is 0 Å². The van der Waals surface area contributed by atoms with Crippen molar-refractivity contribution < 1.29 is 4.74 Å². The van der Waals surface area contributed by atoms with Crippen molar-refractivity contribution in [3.8, 4) is 5.75 Å². The molecule has 0 N–H and O–H groups in total. The molecule has 64 valence electrons. The highest BCUT2D eigenvalue weighted by Crippen LogP contribution is 2.23. The summed E-state index contributed by atoms with van der Waals surface area (Å²) in [4.78, 5) is 0. The van der Waals surface area contributed by atoms with E-state index in [1.807, 2.05) is 13.0 Å². The zero-order chi connectivity index (χ0) is 9.14. The van der Waals surface area contributed by atoms with Crippen molar-refractivity contribution in [1.82, 2.24) is 0 Å². The van der Waals surface area contributed by atoms with Crippen LogP contribution in [0.3, 0.4) is 0 Å². The molecule has 0 aliphatic carbocycles. The minimum atomic E-state index is 0.905. The van der Waals surface area contributed by atoms with Gasteiger partial charge in [-0.15, -0.1) is 0 Å². The first-order valence-electron chi connectivity index (χ1n) is 4.00. The van der Waals surface area contributed by atoms with Crippen molar-refractivity contribution in [3.05, 3.63) is 41.7 Å². The number of rotatable bonds is 2. The normalized spacial score (nSPS) is 9.58. The van der Waals surface area contributed by atoms with Crippen LogP contribution in [-0.4, -0.2) is 0 Å². The molecule has 0 aromatic heterocycles. The summed E-state index contributed by atoms with van der Waals surface area (Å²) in [6, 6.07) is 4.16. The first-order valence-corrected chi connectivity index (χ1v) is 4.00. The van der Waals surface area contributed by atoms with Crippen molar-refractivity contribution in [3.63, 3.8) is 0 Å². The fourth-order valence-electron chi connectivity index (χ4n) is 1.21. The molecule has 1 heteroatoms. The Morgan fingerprint density at radius 1 is 1.25 bits per heavy atom. The molecule has 0 aliphatic heterocycles. The summed E-state index contributed by atoms with van der Waals surface area (Å²) in [5.41, 5.74) is 3.65.